The molecular formula is C13H16ClN5O3. The summed E-state index contributed by atoms with van der Waals surface area (Å²) in [5.74, 6) is -0.544. The van der Waals surface area contributed by atoms with E-state index in [0.717, 1.165) is 4.57 Å². The number of hydrogen-bond acceptors (Lipinski definition) is 6. The van der Waals surface area contributed by atoms with Crippen molar-refractivity contribution >= 4 is 40.3 Å². The van der Waals surface area contributed by atoms with Crippen molar-refractivity contribution in [3.63, 3.8) is 0 Å². The van der Waals surface area contributed by atoms with Gasteiger partial charge in [-0.1, -0.05) is 0 Å². The van der Waals surface area contributed by atoms with E-state index in [1.165, 1.54) is 13.2 Å². The number of carbonyl (C=O) groups excluding carboxylic acids is 2. The van der Waals surface area contributed by atoms with Crippen LogP contribution in [0.4, 0.5) is 10.5 Å². The van der Waals surface area contributed by atoms with E-state index in [4.69, 9.17) is 22.1 Å². The Morgan fingerprint density at radius 1 is 1.41 bits per heavy atom. The molecule has 9 heteroatoms. The predicted octanol–water partition coefficient (Wildman–Crippen LogP) is 1.81. The van der Waals surface area contributed by atoms with Crippen LogP contribution in [0.2, 0.25) is 5.28 Å². The quantitative estimate of drug-likeness (QED) is 0.773. The van der Waals surface area contributed by atoms with Crippen molar-refractivity contribution in [1.29, 1.82) is 0 Å². The van der Waals surface area contributed by atoms with Crippen molar-refractivity contribution in [2.24, 2.45) is 0 Å². The van der Waals surface area contributed by atoms with Gasteiger partial charge < -0.3 is 15.8 Å². The number of carbonyl (C=O) groups is 2. The minimum absolute atomic E-state index is 0.0664. The fraction of sp³-hybridized carbons (Fsp3) is 0.385. The number of amides is 1. The molecule has 0 aliphatic carbocycles. The van der Waals surface area contributed by atoms with Gasteiger partial charge in [-0.05, 0) is 32.4 Å². The molecule has 0 fully saturated rings. The molecule has 2 heterocycles. The molecule has 2 aromatic heterocycles. The molecule has 0 atom stereocenters. The Kier molecular flexibility index (Phi) is 3.97. The SMILES string of the molecule is CNC(=O)c1c(N)c2cnc(Cl)nc2n1C(=O)OC(C)(C)C. The molecule has 2 rings (SSSR count). The van der Waals surface area contributed by atoms with E-state index in [1.807, 2.05) is 0 Å². The Balaban J connectivity index is 2.75. The van der Waals surface area contributed by atoms with Crippen LogP contribution in [0.3, 0.4) is 0 Å². The summed E-state index contributed by atoms with van der Waals surface area (Å²) >= 11 is 5.77. The largest absolute Gasteiger partial charge is 0.443 e. The molecule has 0 saturated heterocycles. The van der Waals surface area contributed by atoms with Gasteiger partial charge >= 0.3 is 6.09 Å². The number of aromatic nitrogens is 3. The fourth-order valence-electron chi connectivity index (χ4n) is 1.89. The predicted molar refractivity (Wildman–Crippen MR) is 82.0 cm³/mol. The van der Waals surface area contributed by atoms with Gasteiger partial charge in [0.2, 0.25) is 5.28 Å². The average molecular weight is 326 g/mol. The molecule has 0 unspecified atom stereocenters. The lowest BCUT2D eigenvalue weighted by Gasteiger charge is -2.20. The van der Waals surface area contributed by atoms with Crippen molar-refractivity contribution in [2.75, 3.05) is 12.8 Å². The summed E-state index contributed by atoms with van der Waals surface area (Å²) < 4.78 is 6.31. The lowest BCUT2D eigenvalue weighted by molar-refractivity contribution is 0.0534. The van der Waals surface area contributed by atoms with Gasteiger partial charge in [0, 0.05) is 13.2 Å². The first-order valence-corrected chi connectivity index (χ1v) is 6.81. The molecule has 118 valence electrons. The van der Waals surface area contributed by atoms with Crippen molar-refractivity contribution in [3.05, 3.63) is 17.2 Å². The highest BCUT2D eigenvalue weighted by atomic mass is 35.5. The summed E-state index contributed by atoms with van der Waals surface area (Å²) in [6.07, 6.45) is 0.579. The number of halogens is 1. The molecule has 3 N–H and O–H groups in total. The lowest BCUT2D eigenvalue weighted by Crippen LogP contribution is -2.31. The van der Waals surface area contributed by atoms with E-state index in [2.05, 4.69) is 15.3 Å². The summed E-state index contributed by atoms with van der Waals surface area (Å²) in [4.78, 5) is 32.3. The van der Waals surface area contributed by atoms with E-state index >= 15 is 0 Å². The number of anilines is 1. The zero-order valence-electron chi connectivity index (χ0n) is 12.6. The highest BCUT2D eigenvalue weighted by Crippen LogP contribution is 2.28. The van der Waals surface area contributed by atoms with E-state index in [-0.39, 0.29) is 22.3 Å². The number of nitrogens with two attached hydrogens (primary N) is 1. The third-order valence-electron chi connectivity index (χ3n) is 2.74. The van der Waals surface area contributed by atoms with Crippen LogP contribution in [0.15, 0.2) is 6.20 Å². The molecule has 22 heavy (non-hydrogen) atoms. The number of hydrogen-bond donors (Lipinski definition) is 2. The smallest absolute Gasteiger partial charge is 0.420 e. The van der Waals surface area contributed by atoms with Gasteiger partial charge in [-0.25, -0.2) is 14.3 Å². The van der Waals surface area contributed by atoms with Crippen LogP contribution < -0.4 is 11.1 Å². The van der Waals surface area contributed by atoms with Crippen LogP contribution in [0.5, 0.6) is 0 Å². The maximum absolute atomic E-state index is 12.4. The summed E-state index contributed by atoms with van der Waals surface area (Å²) in [6.45, 7) is 5.13. The van der Waals surface area contributed by atoms with Crippen LogP contribution >= 0.6 is 11.6 Å². The molecule has 0 bridgehead atoms. The van der Waals surface area contributed by atoms with Gasteiger partial charge in [-0.15, -0.1) is 0 Å². The number of nitrogens with one attached hydrogen (secondary N) is 1. The van der Waals surface area contributed by atoms with Gasteiger partial charge in [-0.2, -0.15) is 4.98 Å². The second kappa shape index (κ2) is 5.45. The second-order valence-electron chi connectivity index (χ2n) is 5.53. The lowest BCUT2D eigenvalue weighted by atomic mass is 10.2. The van der Waals surface area contributed by atoms with E-state index < -0.39 is 17.6 Å². The first-order chi connectivity index (χ1) is 10.2. The van der Waals surface area contributed by atoms with Gasteiger partial charge in [0.05, 0.1) is 11.1 Å². The topological polar surface area (TPSA) is 112 Å². The van der Waals surface area contributed by atoms with Crippen molar-refractivity contribution < 1.29 is 14.3 Å². The van der Waals surface area contributed by atoms with Crippen molar-refractivity contribution in [2.45, 2.75) is 26.4 Å². The van der Waals surface area contributed by atoms with Gasteiger partial charge in [0.25, 0.3) is 5.91 Å². The normalized spacial score (nSPS) is 11.5. The van der Waals surface area contributed by atoms with E-state index in [0.29, 0.717) is 5.39 Å². The monoisotopic (exact) mass is 325 g/mol. The Hall–Kier alpha value is -2.35. The second-order valence-corrected chi connectivity index (χ2v) is 5.87. The molecule has 0 spiro atoms. The van der Waals surface area contributed by atoms with E-state index in [1.54, 1.807) is 20.8 Å². The number of fused-ring (bicyclic) bond motifs is 1. The van der Waals surface area contributed by atoms with Gasteiger partial charge in [-0.3, -0.25) is 4.79 Å². The van der Waals surface area contributed by atoms with Crippen LogP contribution in [-0.4, -0.2) is 39.2 Å². The van der Waals surface area contributed by atoms with Gasteiger partial charge in [0.1, 0.15) is 11.3 Å². The van der Waals surface area contributed by atoms with Gasteiger partial charge in [0.15, 0.2) is 5.65 Å². The number of ether oxygens (including phenoxy) is 1. The van der Waals surface area contributed by atoms with Crippen LogP contribution in [-0.2, 0) is 4.74 Å². The maximum atomic E-state index is 12.4. The number of nitrogens with zero attached hydrogens (tertiary/aromatic N) is 3. The number of rotatable bonds is 1. The molecule has 0 aliphatic rings. The third-order valence-corrected chi connectivity index (χ3v) is 2.92. The molecule has 2 aromatic rings. The average Bonchev–Trinajstić information content (AvgIpc) is 2.68. The Morgan fingerprint density at radius 2 is 2.05 bits per heavy atom. The van der Waals surface area contributed by atoms with Crippen LogP contribution in [0.1, 0.15) is 31.3 Å². The molecule has 0 aromatic carbocycles. The first-order valence-electron chi connectivity index (χ1n) is 6.43. The Bertz CT molecular complexity index is 763. The standard InChI is InChI=1S/C13H16ClN5O3/c1-13(2,3)22-12(21)19-8(10(20)16-4)7(15)6-5-17-11(14)18-9(6)19/h5H,15H2,1-4H3,(H,16,20). The summed E-state index contributed by atoms with van der Waals surface area (Å²) in [7, 11) is 1.43. The van der Waals surface area contributed by atoms with Crippen LogP contribution in [0, 0.1) is 0 Å². The first kappa shape index (κ1) is 16.0. The maximum Gasteiger partial charge on any atom is 0.420 e. The fourth-order valence-corrected chi connectivity index (χ4v) is 2.02. The molecule has 0 saturated carbocycles. The Labute approximate surface area is 131 Å². The van der Waals surface area contributed by atoms with Crippen LogP contribution in [0.25, 0.3) is 11.0 Å². The molecule has 8 nitrogen and oxygen atoms in total. The zero-order chi connectivity index (χ0) is 16.7. The van der Waals surface area contributed by atoms with E-state index in [9.17, 15) is 9.59 Å². The highest BCUT2D eigenvalue weighted by Gasteiger charge is 2.29. The Morgan fingerprint density at radius 3 is 2.59 bits per heavy atom. The van der Waals surface area contributed by atoms with Crippen molar-refractivity contribution in [1.82, 2.24) is 19.9 Å². The molecule has 0 radical (unpaired) electrons. The summed E-state index contributed by atoms with van der Waals surface area (Å²) in [6, 6.07) is 0. The third kappa shape index (κ3) is 2.82. The number of nitrogen functional groups attached to an aromatic ring is 1. The van der Waals surface area contributed by atoms with Crippen molar-refractivity contribution in [3.8, 4) is 0 Å². The molecular weight excluding hydrogens is 310 g/mol. The highest BCUT2D eigenvalue weighted by molar-refractivity contribution is 6.28. The minimum atomic E-state index is -0.775. The summed E-state index contributed by atoms with van der Waals surface area (Å²) in [5, 5.41) is 2.70. The molecule has 0 aliphatic heterocycles. The minimum Gasteiger partial charge on any atom is -0.443 e. The molecule has 1 amide bonds. The summed E-state index contributed by atoms with van der Waals surface area (Å²) in [5.41, 5.74) is 5.33. The zero-order valence-corrected chi connectivity index (χ0v) is 13.4.